The molecule has 1 heterocycles. The zero-order chi connectivity index (χ0) is 11.7. The molecule has 0 saturated heterocycles. The van der Waals surface area contributed by atoms with Gasteiger partial charge in [-0.3, -0.25) is 4.79 Å². The number of hydrogen-bond acceptors (Lipinski definition) is 5. The average Bonchev–Trinajstić information content (AvgIpc) is 2.27. The monoisotopic (exact) mass is 221 g/mol. The molecule has 0 N–H and O–H groups in total. The standard InChI is InChI=1S/C11H10O5/c1-6(12)7-2-3-8-9(4-7)16-10(5-15-8)11(13)14/h2-4,10H,5H2,1H3,(H,13,14)/p-1. The molecule has 0 saturated carbocycles. The van der Waals surface area contributed by atoms with Crippen LogP contribution in [0.5, 0.6) is 11.5 Å². The number of rotatable bonds is 2. The Kier molecular flexibility index (Phi) is 2.52. The summed E-state index contributed by atoms with van der Waals surface area (Å²) in [7, 11) is 0. The fraction of sp³-hybridized carbons (Fsp3) is 0.273. The fourth-order valence-electron chi connectivity index (χ4n) is 1.41. The first-order chi connectivity index (χ1) is 7.58. The van der Waals surface area contributed by atoms with Crippen LogP contribution in [0.4, 0.5) is 0 Å². The molecular weight excluding hydrogens is 212 g/mol. The maximum atomic E-state index is 11.1. The number of hydrogen-bond donors (Lipinski definition) is 0. The number of carbonyl (C=O) groups is 2. The Balaban J connectivity index is 2.32. The summed E-state index contributed by atoms with van der Waals surface area (Å²) >= 11 is 0. The molecule has 0 bridgehead atoms. The third kappa shape index (κ3) is 1.84. The highest BCUT2D eigenvalue weighted by Crippen LogP contribution is 2.32. The molecule has 0 spiro atoms. The minimum atomic E-state index is -1.33. The van der Waals surface area contributed by atoms with Crippen LogP contribution in [0.15, 0.2) is 18.2 Å². The summed E-state index contributed by atoms with van der Waals surface area (Å²) < 4.78 is 10.3. The number of Topliss-reactive ketones (excluding diaryl/α,β-unsaturated/α-hetero) is 1. The Morgan fingerprint density at radius 3 is 2.75 bits per heavy atom. The molecule has 1 aliphatic heterocycles. The van der Waals surface area contributed by atoms with Crippen molar-refractivity contribution >= 4 is 11.8 Å². The normalized spacial score (nSPS) is 17.9. The Bertz CT molecular complexity index is 452. The minimum absolute atomic E-state index is 0.0885. The van der Waals surface area contributed by atoms with Gasteiger partial charge in [-0.05, 0) is 25.1 Å². The number of fused-ring (bicyclic) bond motifs is 1. The third-order valence-corrected chi connectivity index (χ3v) is 2.27. The number of carbonyl (C=O) groups excluding carboxylic acids is 2. The highest BCUT2D eigenvalue weighted by molar-refractivity contribution is 5.94. The van der Waals surface area contributed by atoms with Crippen LogP contribution in [0.1, 0.15) is 17.3 Å². The molecule has 1 atom stereocenters. The van der Waals surface area contributed by atoms with Crippen LogP contribution in [0.25, 0.3) is 0 Å². The zero-order valence-corrected chi connectivity index (χ0v) is 8.56. The number of ether oxygens (including phenoxy) is 2. The van der Waals surface area contributed by atoms with Gasteiger partial charge in [0.15, 0.2) is 23.4 Å². The number of benzene rings is 1. The maximum absolute atomic E-state index is 11.1. The molecule has 5 heteroatoms. The number of carboxylic acids is 1. The van der Waals surface area contributed by atoms with Crippen LogP contribution in [0.2, 0.25) is 0 Å². The van der Waals surface area contributed by atoms with Crippen molar-refractivity contribution in [1.82, 2.24) is 0 Å². The topological polar surface area (TPSA) is 75.7 Å². The SMILES string of the molecule is CC(=O)c1ccc2c(c1)OC(C(=O)[O-])CO2. The van der Waals surface area contributed by atoms with E-state index in [1.807, 2.05) is 0 Å². The van der Waals surface area contributed by atoms with Gasteiger partial charge >= 0.3 is 0 Å². The largest absolute Gasteiger partial charge is 0.546 e. The Morgan fingerprint density at radius 2 is 2.12 bits per heavy atom. The lowest BCUT2D eigenvalue weighted by molar-refractivity contribution is -0.315. The van der Waals surface area contributed by atoms with Gasteiger partial charge in [0, 0.05) is 5.56 Å². The summed E-state index contributed by atoms with van der Waals surface area (Å²) in [6.45, 7) is 1.33. The summed E-state index contributed by atoms with van der Waals surface area (Å²) in [5, 5.41) is 10.6. The van der Waals surface area contributed by atoms with Crippen LogP contribution in [0.3, 0.4) is 0 Å². The van der Waals surface area contributed by atoms with E-state index in [1.165, 1.54) is 13.0 Å². The molecular formula is C11H9O5-. The second-order valence-corrected chi connectivity index (χ2v) is 3.45. The van der Waals surface area contributed by atoms with Crippen LogP contribution >= 0.6 is 0 Å². The van der Waals surface area contributed by atoms with E-state index in [4.69, 9.17) is 9.47 Å². The van der Waals surface area contributed by atoms with Gasteiger partial charge in [-0.1, -0.05) is 0 Å². The van der Waals surface area contributed by atoms with Crippen molar-refractivity contribution in [2.24, 2.45) is 0 Å². The number of carboxylic acid groups (broad SMARTS) is 1. The van der Waals surface area contributed by atoms with Crippen molar-refractivity contribution in [3.8, 4) is 11.5 Å². The molecule has 0 fully saturated rings. The van der Waals surface area contributed by atoms with Gasteiger partial charge in [-0.2, -0.15) is 0 Å². The quantitative estimate of drug-likeness (QED) is 0.645. The van der Waals surface area contributed by atoms with Gasteiger partial charge in [0.05, 0.1) is 5.97 Å². The van der Waals surface area contributed by atoms with Crippen molar-refractivity contribution in [2.45, 2.75) is 13.0 Å². The molecule has 1 aromatic rings. The smallest absolute Gasteiger partial charge is 0.172 e. The molecule has 84 valence electrons. The van der Waals surface area contributed by atoms with E-state index in [2.05, 4.69) is 0 Å². The highest BCUT2D eigenvalue weighted by Gasteiger charge is 2.22. The summed E-state index contributed by atoms with van der Waals surface area (Å²) in [6, 6.07) is 4.65. The number of aliphatic carboxylic acids is 1. The van der Waals surface area contributed by atoms with Crippen molar-refractivity contribution in [1.29, 1.82) is 0 Å². The lowest BCUT2D eigenvalue weighted by Crippen LogP contribution is -2.45. The van der Waals surface area contributed by atoms with Crippen LogP contribution < -0.4 is 14.6 Å². The van der Waals surface area contributed by atoms with E-state index in [9.17, 15) is 14.7 Å². The van der Waals surface area contributed by atoms with Gasteiger partial charge in [0.1, 0.15) is 6.61 Å². The molecule has 1 aromatic carbocycles. The van der Waals surface area contributed by atoms with Crippen molar-refractivity contribution in [2.75, 3.05) is 6.61 Å². The van der Waals surface area contributed by atoms with Gasteiger partial charge in [0.25, 0.3) is 0 Å². The first kappa shape index (κ1) is 10.5. The van der Waals surface area contributed by atoms with Crippen LogP contribution in [0, 0.1) is 0 Å². The van der Waals surface area contributed by atoms with E-state index in [-0.39, 0.29) is 18.1 Å². The van der Waals surface area contributed by atoms with Crippen molar-refractivity contribution in [3.63, 3.8) is 0 Å². The maximum Gasteiger partial charge on any atom is 0.172 e. The Hall–Kier alpha value is -2.04. The zero-order valence-electron chi connectivity index (χ0n) is 8.56. The van der Waals surface area contributed by atoms with Gasteiger partial charge < -0.3 is 19.4 Å². The first-order valence-corrected chi connectivity index (χ1v) is 4.73. The molecule has 0 radical (unpaired) electrons. The summed E-state index contributed by atoms with van der Waals surface area (Å²) in [6.07, 6.45) is -1.13. The molecule has 16 heavy (non-hydrogen) atoms. The second kappa shape index (κ2) is 3.84. The van der Waals surface area contributed by atoms with E-state index >= 15 is 0 Å². The predicted octanol–water partition coefficient (Wildman–Crippen LogP) is -0.221. The molecule has 5 nitrogen and oxygen atoms in total. The summed E-state index contributed by atoms with van der Waals surface area (Å²) in [4.78, 5) is 21.7. The van der Waals surface area contributed by atoms with Crippen LogP contribution in [-0.2, 0) is 4.79 Å². The third-order valence-electron chi connectivity index (χ3n) is 2.27. The first-order valence-electron chi connectivity index (χ1n) is 4.73. The van der Waals surface area contributed by atoms with Gasteiger partial charge in [-0.15, -0.1) is 0 Å². The van der Waals surface area contributed by atoms with E-state index in [0.29, 0.717) is 11.3 Å². The minimum Gasteiger partial charge on any atom is -0.546 e. The number of ketones is 1. The molecule has 2 rings (SSSR count). The Morgan fingerprint density at radius 1 is 1.38 bits per heavy atom. The average molecular weight is 221 g/mol. The van der Waals surface area contributed by atoms with Gasteiger partial charge in [0.2, 0.25) is 0 Å². The van der Waals surface area contributed by atoms with Crippen molar-refractivity contribution < 1.29 is 24.2 Å². The summed E-state index contributed by atoms with van der Waals surface area (Å²) in [5.74, 6) is -0.767. The van der Waals surface area contributed by atoms with Crippen LogP contribution in [-0.4, -0.2) is 24.5 Å². The fourth-order valence-corrected chi connectivity index (χ4v) is 1.41. The lowest BCUT2D eigenvalue weighted by Gasteiger charge is -2.27. The van der Waals surface area contributed by atoms with E-state index in [1.54, 1.807) is 12.1 Å². The molecule has 0 amide bonds. The molecule has 1 aliphatic rings. The summed E-state index contributed by atoms with van der Waals surface area (Å²) in [5.41, 5.74) is 0.446. The van der Waals surface area contributed by atoms with E-state index in [0.717, 1.165) is 0 Å². The van der Waals surface area contributed by atoms with Gasteiger partial charge in [-0.25, -0.2) is 0 Å². The highest BCUT2D eigenvalue weighted by atomic mass is 16.6. The molecule has 0 aromatic heterocycles. The Labute approximate surface area is 91.6 Å². The predicted molar refractivity (Wildman–Crippen MR) is 51.4 cm³/mol. The van der Waals surface area contributed by atoms with E-state index < -0.39 is 12.1 Å². The molecule has 0 aliphatic carbocycles. The second-order valence-electron chi connectivity index (χ2n) is 3.45. The molecule has 1 unspecified atom stereocenters. The lowest BCUT2D eigenvalue weighted by atomic mass is 10.1. The van der Waals surface area contributed by atoms with Crippen molar-refractivity contribution in [3.05, 3.63) is 23.8 Å².